The first kappa shape index (κ1) is 38.4. The molecule has 8 rings (SSSR count). The number of piperidine rings is 3. The maximum Gasteiger partial charge on any atom is 0.320 e. The number of hydrogen-bond acceptors (Lipinski definition) is 11. The number of allylic oxidation sites excluding steroid dienone is 1. The van der Waals surface area contributed by atoms with Gasteiger partial charge in [-0.05, 0) is 74.3 Å². The monoisotopic (exact) mass is 790 g/mol. The minimum absolute atomic E-state index is 0.0258. The molecule has 2 atom stereocenters. The van der Waals surface area contributed by atoms with E-state index in [2.05, 4.69) is 27.1 Å². The Morgan fingerprint density at radius 2 is 1.74 bits per heavy atom. The van der Waals surface area contributed by atoms with E-state index < -0.39 is 29.7 Å². The molecule has 0 saturated carbocycles. The quantitative estimate of drug-likeness (QED) is 0.255. The molecule has 302 valence electrons. The molecule has 4 N–H and O–H groups in total. The Hall–Kier alpha value is -6.52. The van der Waals surface area contributed by atoms with Gasteiger partial charge in [0.05, 0.1) is 23.4 Å². The lowest BCUT2D eigenvalue weighted by Crippen LogP contribution is -2.51. The van der Waals surface area contributed by atoms with E-state index >= 15 is 0 Å². The number of urea groups is 1. The highest BCUT2D eigenvalue weighted by Gasteiger charge is 2.45. The minimum atomic E-state index is -0.946. The topological polar surface area (TPSA) is 204 Å². The zero-order valence-electron chi connectivity index (χ0n) is 32.3. The van der Waals surface area contributed by atoms with Gasteiger partial charge >= 0.3 is 6.03 Å². The predicted octanol–water partition coefficient (Wildman–Crippen LogP) is 2.83. The largest absolute Gasteiger partial charge is 0.483 e. The summed E-state index contributed by atoms with van der Waals surface area (Å²) >= 11 is 0. The van der Waals surface area contributed by atoms with Crippen LogP contribution >= 0.6 is 0 Å². The summed E-state index contributed by atoms with van der Waals surface area (Å²) in [6.45, 7) is 7.25. The fraction of sp³-hybridized carbons (Fsp3) is 0.415. The van der Waals surface area contributed by atoms with E-state index in [4.69, 9.17) is 15.5 Å². The lowest BCUT2D eigenvalue weighted by Gasteiger charge is -2.37. The summed E-state index contributed by atoms with van der Waals surface area (Å²) in [5, 5.41) is 5.86. The normalized spacial score (nSPS) is 21.4. The molecule has 0 bridgehead atoms. The van der Waals surface area contributed by atoms with Crippen molar-refractivity contribution in [3.05, 3.63) is 83.3 Å². The van der Waals surface area contributed by atoms with Gasteiger partial charge in [-0.2, -0.15) is 0 Å². The number of benzene rings is 2. The fourth-order valence-electron chi connectivity index (χ4n) is 8.58. The molecule has 1 unspecified atom stereocenters. The van der Waals surface area contributed by atoms with Crippen molar-refractivity contribution in [1.82, 2.24) is 34.9 Å². The SMILES string of the molecule is C=C1CCC(N2C(=O)c3cccc(OCC(=O)N4CCC(c5ccc(Nc6nc(N7CCC[C@@H](N8CCN(C)C8=O)C7)cnc6C(N)=O)cc5)CC4)c3C2=O)C(=O)N1. The summed E-state index contributed by atoms with van der Waals surface area (Å²) < 4.78 is 5.86. The highest BCUT2D eigenvalue weighted by molar-refractivity contribution is 6.24. The summed E-state index contributed by atoms with van der Waals surface area (Å²) in [5.41, 5.74) is 8.25. The molecule has 1 aromatic heterocycles. The molecule has 4 saturated heterocycles. The molecule has 5 aliphatic heterocycles. The number of nitrogens with two attached hydrogens (primary N) is 1. The minimum Gasteiger partial charge on any atom is -0.483 e. The highest BCUT2D eigenvalue weighted by Crippen LogP contribution is 2.35. The van der Waals surface area contributed by atoms with Crippen LogP contribution in [0.5, 0.6) is 5.75 Å². The molecule has 0 spiro atoms. The van der Waals surface area contributed by atoms with Crippen LogP contribution in [0.3, 0.4) is 0 Å². The number of nitrogens with one attached hydrogen (secondary N) is 2. The van der Waals surface area contributed by atoms with Gasteiger partial charge in [-0.25, -0.2) is 14.8 Å². The van der Waals surface area contributed by atoms with Gasteiger partial charge in [0.25, 0.3) is 23.6 Å². The third-order valence-electron chi connectivity index (χ3n) is 11.8. The first-order valence-electron chi connectivity index (χ1n) is 19.7. The van der Waals surface area contributed by atoms with Crippen LogP contribution in [-0.4, -0.2) is 130 Å². The Balaban J connectivity index is 0.858. The standard InChI is InChI=1S/C41H46N10O7/c1-24-8-13-30(38(54)44-24)51-39(55)29-6-3-7-31(34(29)40(51)56)58-23-33(52)48-17-14-26(15-18-48)25-9-11-27(12-10-25)45-37-35(36(42)53)43-21-32(46-37)49-16-4-5-28(22-49)50-20-19-47(2)41(50)57/h3,6-7,9-12,21,26,28,30H,1,4-5,8,13-20,22-23H2,2H3,(H2,42,53)(H,44,54)(H,45,46)/t28-,30?/m1/s1. The number of ether oxygens (including phenoxy) is 1. The van der Waals surface area contributed by atoms with Gasteiger partial charge in [0, 0.05) is 57.7 Å². The number of aromatic nitrogens is 2. The predicted molar refractivity (Wildman–Crippen MR) is 212 cm³/mol. The Morgan fingerprint density at radius 3 is 2.45 bits per heavy atom. The maximum atomic E-state index is 13.4. The second-order valence-corrected chi connectivity index (χ2v) is 15.4. The number of likely N-dealkylation sites (N-methyl/N-ethyl adjacent to an activating group) is 1. The van der Waals surface area contributed by atoms with Gasteiger partial charge in [0.15, 0.2) is 18.1 Å². The molecule has 3 aromatic rings. The summed E-state index contributed by atoms with van der Waals surface area (Å²) in [6.07, 6.45) is 5.55. The smallest absolute Gasteiger partial charge is 0.320 e. The van der Waals surface area contributed by atoms with Crippen molar-refractivity contribution in [1.29, 1.82) is 0 Å². The van der Waals surface area contributed by atoms with E-state index in [1.54, 1.807) is 28.1 Å². The Labute approximate surface area is 335 Å². The van der Waals surface area contributed by atoms with Crippen molar-refractivity contribution in [2.45, 2.75) is 56.5 Å². The van der Waals surface area contributed by atoms with E-state index in [0.717, 1.165) is 42.7 Å². The van der Waals surface area contributed by atoms with Crippen molar-refractivity contribution >= 4 is 52.9 Å². The van der Waals surface area contributed by atoms with Crippen molar-refractivity contribution in [2.75, 3.05) is 63.1 Å². The summed E-state index contributed by atoms with van der Waals surface area (Å²) in [4.78, 5) is 95.1. The van der Waals surface area contributed by atoms with Crippen LogP contribution in [0.15, 0.2) is 60.9 Å². The van der Waals surface area contributed by atoms with Gasteiger partial charge in [-0.15, -0.1) is 0 Å². The Bertz CT molecular complexity index is 2190. The number of amides is 7. The van der Waals surface area contributed by atoms with Crippen LogP contribution in [0.4, 0.5) is 22.1 Å². The average Bonchev–Trinajstić information content (AvgIpc) is 3.70. The van der Waals surface area contributed by atoms with Crippen LogP contribution in [-0.2, 0) is 9.59 Å². The van der Waals surface area contributed by atoms with Crippen LogP contribution in [0.1, 0.15) is 81.2 Å². The van der Waals surface area contributed by atoms with Crippen molar-refractivity contribution in [3.63, 3.8) is 0 Å². The number of primary amides is 1. The van der Waals surface area contributed by atoms with Gasteiger partial charge in [-0.1, -0.05) is 24.8 Å². The molecule has 17 heteroatoms. The number of likely N-dealkylation sites (tertiary alicyclic amines) is 1. The number of carbonyl (C=O) groups excluding carboxylic acids is 6. The molecule has 4 fully saturated rings. The molecule has 58 heavy (non-hydrogen) atoms. The first-order valence-corrected chi connectivity index (χ1v) is 19.7. The van der Waals surface area contributed by atoms with Gasteiger partial charge < -0.3 is 40.7 Å². The van der Waals surface area contributed by atoms with Crippen LogP contribution < -0.4 is 26.0 Å². The lowest BCUT2D eigenvalue weighted by molar-refractivity contribution is -0.134. The third kappa shape index (κ3) is 7.39. The molecular formula is C41H46N10O7. The van der Waals surface area contributed by atoms with Crippen molar-refractivity contribution < 1.29 is 33.5 Å². The summed E-state index contributed by atoms with van der Waals surface area (Å²) in [5.74, 6) is -1.40. The molecule has 5 aliphatic rings. The Kier molecular flexibility index (Phi) is 10.4. The molecule has 0 radical (unpaired) electrons. The number of anilines is 3. The number of carbonyl (C=O) groups is 6. The number of imide groups is 1. The van der Waals surface area contributed by atoms with Gasteiger partial charge in [0.1, 0.15) is 17.6 Å². The number of fused-ring (bicyclic) bond motifs is 1. The fourth-order valence-corrected chi connectivity index (χ4v) is 8.58. The lowest BCUT2D eigenvalue weighted by atomic mass is 9.89. The molecule has 0 aliphatic carbocycles. The molecular weight excluding hydrogens is 745 g/mol. The number of nitrogens with zero attached hydrogens (tertiary/aromatic N) is 7. The van der Waals surface area contributed by atoms with E-state index in [1.165, 1.54) is 6.07 Å². The van der Waals surface area contributed by atoms with E-state index in [1.807, 2.05) is 36.2 Å². The zero-order valence-corrected chi connectivity index (χ0v) is 32.3. The number of hydrogen-bond donors (Lipinski definition) is 3. The molecule has 7 amide bonds. The van der Waals surface area contributed by atoms with Crippen LogP contribution in [0, 0.1) is 0 Å². The van der Waals surface area contributed by atoms with Crippen molar-refractivity contribution in [2.24, 2.45) is 5.73 Å². The van der Waals surface area contributed by atoms with E-state index in [9.17, 15) is 28.8 Å². The number of rotatable bonds is 10. The van der Waals surface area contributed by atoms with Gasteiger partial charge in [0.2, 0.25) is 5.91 Å². The summed E-state index contributed by atoms with van der Waals surface area (Å²) in [6, 6.07) is 11.7. The molecule has 2 aromatic carbocycles. The second-order valence-electron chi connectivity index (χ2n) is 15.4. The molecule has 17 nitrogen and oxygen atoms in total. The van der Waals surface area contributed by atoms with Gasteiger partial charge in [-0.3, -0.25) is 28.9 Å². The van der Waals surface area contributed by atoms with Crippen LogP contribution in [0.2, 0.25) is 0 Å². The van der Waals surface area contributed by atoms with Crippen LogP contribution in [0.25, 0.3) is 0 Å². The zero-order chi connectivity index (χ0) is 40.7. The van der Waals surface area contributed by atoms with E-state index in [-0.39, 0.29) is 65.3 Å². The maximum absolute atomic E-state index is 13.4. The molecule has 6 heterocycles. The van der Waals surface area contributed by atoms with E-state index in [0.29, 0.717) is 56.3 Å². The Morgan fingerprint density at radius 1 is 0.966 bits per heavy atom. The van der Waals surface area contributed by atoms with Crippen molar-refractivity contribution in [3.8, 4) is 5.75 Å². The summed E-state index contributed by atoms with van der Waals surface area (Å²) in [7, 11) is 1.81. The second kappa shape index (κ2) is 15.8. The average molecular weight is 791 g/mol. The third-order valence-corrected chi connectivity index (χ3v) is 11.8. The first-order chi connectivity index (χ1) is 28.0. The highest BCUT2D eigenvalue weighted by atomic mass is 16.5.